The van der Waals surface area contributed by atoms with E-state index in [1.165, 1.54) is 0 Å². The third-order valence-electron chi connectivity index (χ3n) is 3.52. The average molecular weight is 323 g/mol. The van der Waals surface area contributed by atoms with Gasteiger partial charge in [-0.25, -0.2) is 4.98 Å². The largest absolute Gasteiger partial charge is 0.376 e. The van der Waals surface area contributed by atoms with Crippen LogP contribution in [-0.4, -0.2) is 22.3 Å². The monoisotopic (exact) mass is 322 g/mol. The van der Waals surface area contributed by atoms with Crippen LogP contribution in [0.4, 0.5) is 0 Å². The highest BCUT2D eigenvalue weighted by molar-refractivity contribution is 9.10. The van der Waals surface area contributed by atoms with Crippen molar-refractivity contribution in [3.63, 3.8) is 0 Å². The average Bonchev–Trinajstić information content (AvgIpc) is 2.89. The van der Waals surface area contributed by atoms with Gasteiger partial charge < -0.3 is 4.74 Å². The Hall–Kier alpha value is -1.20. The van der Waals surface area contributed by atoms with Crippen LogP contribution < -0.4 is 5.56 Å². The number of hydrogen-bond donors (Lipinski definition) is 0. The van der Waals surface area contributed by atoms with E-state index in [2.05, 4.69) is 20.9 Å². The summed E-state index contributed by atoms with van der Waals surface area (Å²) in [6.45, 7) is 3.27. The maximum atomic E-state index is 12.5. The fourth-order valence-electron chi connectivity index (χ4n) is 2.51. The normalized spacial score (nSPS) is 19.2. The van der Waals surface area contributed by atoms with E-state index in [1.807, 2.05) is 25.1 Å². The van der Waals surface area contributed by atoms with Gasteiger partial charge in [-0.05, 0) is 38.0 Å². The van der Waals surface area contributed by atoms with E-state index < -0.39 is 0 Å². The molecule has 0 bridgehead atoms. The van der Waals surface area contributed by atoms with Gasteiger partial charge in [-0.15, -0.1) is 0 Å². The highest BCUT2D eigenvalue weighted by Crippen LogP contribution is 2.17. The van der Waals surface area contributed by atoms with E-state index in [4.69, 9.17) is 4.74 Å². The van der Waals surface area contributed by atoms with Gasteiger partial charge in [0.05, 0.1) is 23.6 Å². The number of halogens is 1. The molecule has 1 aromatic heterocycles. The summed E-state index contributed by atoms with van der Waals surface area (Å²) in [4.78, 5) is 17.0. The summed E-state index contributed by atoms with van der Waals surface area (Å²) in [6, 6.07) is 5.60. The fourth-order valence-corrected chi connectivity index (χ4v) is 2.87. The van der Waals surface area contributed by atoms with Crippen LogP contribution in [0.5, 0.6) is 0 Å². The second kappa shape index (κ2) is 5.06. The first kappa shape index (κ1) is 12.8. The van der Waals surface area contributed by atoms with Crippen molar-refractivity contribution in [2.24, 2.45) is 0 Å². The minimum Gasteiger partial charge on any atom is -0.376 e. The van der Waals surface area contributed by atoms with Gasteiger partial charge >= 0.3 is 0 Å². The van der Waals surface area contributed by atoms with Crippen LogP contribution in [0, 0.1) is 6.92 Å². The van der Waals surface area contributed by atoms with Crippen molar-refractivity contribution < 1.29 is 4.74 Å². The molecule has 3 rings (SSSR count). The molecule has 0 aliphatic carbocycles. The number of aryl methyl sites for hydroxylation is 1. The first-order valence-corrected chi connectivity index (χ1v) is 7.23. The van der Waals surface area contributed by atoms with Gasteiger partial charge in [-0.3, -0.25) is 9.36 Å². The van der Waals surface area contributed by atoms with Crippen molar-refractivity contribution >= 4 is 26.8 Å². The Balaban J connectivity index is 2.10. The molecule has 100 valence electrons. The Morgan fingerprint density at radius 3 is 3.11 bits per heavy atom. The third kappa shape index (κ3) is 2.44. The molecule has 0 spiro atoms. The lowest BCUT2D eigenvalue weighted by Gasteiger charge is -2.14. The number of hydrogen-bond acceptors (Lipinski definition) is 3. The molecular weight excluding hydrogens is 308 g/mol. The van der Waals surface area contributed by atoms with Crippen LogP contribution in [0.1, 0.15) is 18.7 Å². The predicted octanol–water partition coefficient (Wildman–Crippen LogP) is 2.65. The first-order valence-electron chi connectivity index (χ1n) is 6.43. The standard InChI is InChI=1S/C14H15BrN2O2/c1-9-16-13-5-4-10(15)7-12(13)14(18)17(9)8-11-3-2-6-19-11/h4-5,7,11H,2-3,6,8H2,1H3. The molecule has 1 atom stereocenters. The molecule has 2 heterocycles. The molecular formula is C14H15BrN2O2. The molecule has 1 aliphatic rings. The zero-order valence-corrected chi connectivity index (χ0v) is 12.3. The Morgan fingerprint density at radius 2 is 2.37 bits per heavy atom. The summed E-state index contributed by atoms with van der Waals surface area (Å²) in [5, 5.41) is 0.651. The molecule has 4 nitrogen and oxygen atoms in total. The SMILES string of the molecule is Cc1nc2ccc(Br)cc2c(=O)n1CC1CCCO1. The molecule has 1 fully saturated rings. The predicted molar refractivity (Wildman–Crippen MR) is 77.4 cm³/mol. The van der Waals surface area contributed by atoms with E-state index >= 15 is 0 Å². The van der Waals surface area contributed by atoms with Gasteiger partial charge in [-0.1, -0.05) is 15.9 Å². The molecule has 0 N–H and O–H groups in total. The summed E-state index contributed by atoms with van der Waals surface area (Å²) in [5.74, 6) is 0.746. The van der Waals surface area contributed by atoms with Gasteiger partial charge in [0.2, 0.25) is 0 Å². The van der Waals surface area contributed by atoms with E-state index in [0.29, 0.717) is 11.9 Å². The summed E-state index contributed by atoms with van der Waals surface area (Å²) in [7, 11) is 0. The van der Waals surface area contributed by atoms with E-state index in [9.17, 15) is 4.79 Å². The molecule has 1 aliphatic heterocycles. The lowest BCUT2D eigenvalue weighted by molar-refractivity contribution is 0.0955. The van der Waals surface area contributed by atoms with Crippen LogP contribution in [0.2, 0.25) is 0 Å². The van der Waals surface area contributed by atoms with E-state index in [0.717, 1.165) is 35.3 Å². The van der Waals surface area contributed by atoms with Gasteiger partial charge in [0.25, 0.3) is 5.56 Å². The molecule has 5 heteroatoms. The van der Waals surface area contributed by atoms with Crippen molar-refractivity contribution in [3.05, 3.63) is 38.9 Å². The fraction of sp³-hybridized carbons (Fsp3) is 0.429. The zero-order valence-electron chi connectivity index (χ0n) is 10.7. The van der Waals surface area contributed by atoms with Crippen molar-refractivity contribution in [1.29, 1.82) is 0 Å². The molecule has 0 amide bonds. The van der Waals surface area contributed by atoms with Crippen LogP contribution >= 0.6 is 15.9 Å². The molecule has 1 aromatic carbocycles. The molecule has 2 aromatic rings. The number of fused-ring (bicyclic) bond motifs is 1. The third-order valence-corrected chi connectivity index (χ3v) is 4.01. The van der Waals surface area contributed by atoms with Gasteiger partial charge in [0.15, 0.2) is 0 Å². The lowest BCUT2D eigenvalue weighted by atomic mass is 10.2. The first-order chi connectivity index (χ1) is 9.15. The number of aromatic nitrogens is 2. The number of ether oxygens (including phenoxy) is 1. The minimum atomic E-state index is 0.0132. The Morgan fingerprint density at radius 1 is 1.53 bits per heavy atom. The molecule has 1 unspecified atom stereocenters. The second-order valence-electron chi connectivity index (χ2n) is 4.87. The second-order valence-corrected chi connectivity index (χ2v) is 5.79. The molecule has 0 saturated carbocycles. The quantitative estimate of drug-likeness (QED) is 0.853. The van der Waals surface area contributed by atoms with Crippen molar-refractivity contribution in [2.75, 3.05) is 6.61 Å². The highest BCUT2D eigenvalue weighted by atomic mass is 79.9. The summed E-state index contributed by atoms with van der Waals surface area (Å²) in [5.41, 5.74) is 0.758. The smallest absolute Gasteiger partial charge is 0.261 e. The molecule has 0 radical (unpaired) electrons. The molecule has 1 saturated heterocycles. The van der Waals surface area contributed by atoms with Crippen molar-refractivity contribution in [3.8, 4) is 0 Å². The van der Waals surface area contributed by atoms with Crippen LogP contribution in [0.25, 0.3) is 10.9 Å². The van der Waals surface area contributed by atoms with Crippen molar-refractivity contribution in [1.82, 2.24) is 9.55 Å². The van der Waals surface area contributed by atoms with Crippen LogP contribution in [0.15, 0.2) is 27.5 Å². The Labute approximate surface area is 119 Å². The maximum Gasteiger partial charge on any atom is 0.261 e. The summed E-state index contributed by atoms with van der Waals surface area (Å²) >= 11 is 3.40. The summed E-state index contributed by atoms with van der Waals surface area (Å²) in [6.07, 6.45) is 2.23. The van der Waals surface area contributed by atoms with Crippen LogP contribution in [0.3, 0.4) is 0 Å². The number of benzene rings is 1. The Kier molecular flexibility index (Phi) is 3.41. The van der Waals surface area contributed by atoms with Gasteiger partial charge in [0.1, 0.15) is 5.82 Å². The summed E-state index contributed by atoms with van der Waals surface area (Å²) < 4.78 is 8.23. The van der Waals surface area contributed by atoms with Gasteiger partial charge in [0, 0.05) is 11.1 Å². The van der Waals surface area contributed by atoms with Crippen molar-refractivity contribution in [2.45, 2.75) is 32.4 Å². The maximum absolute atomic E-state index is 12.5. The van der Waals surface area contributed by atoms with E-state index in [-0.39, 0.29) is 11.7 Å². The van der Waals surface area contributed by atoms with Gasteiger partial charge in [-0.2, -0.15) is 0 Å². The lowest BCUT2D eigenvalue weighted by Crippen LogP contribution is -2.29. The number of rotatable bonds is 2. The molecule has 19 heavy (non-hydrogen) atoms. The number of nitrogens with zero attached hydrogens (tertiary/aromatic N) is 2. The topological polar surface area (TPSA) is 44.1 Å². The minimum absolute atomic E-state index is 0.0132. The zero-order chi connectivity index (χ0) is 13.4. The highest BCUT2D eigenvalue weighted by Gasteiger charge is 2.18. The van der Waals surface area contributed by atoms with Crippen LogP contribution in [-0.2, 0) is 11.3 Å². The Bertz CT molecular complexity index is 675. The van der Waals surface area contributed by atoms with E-state index in [1.54, 1.807) is 4.57 Å².